The number of hydrogen-bond acceptors (Lipinski definition) is 2. The summed E-state index contributed by atoms with van der Waals surface area (Å²) >= 11 is 7.06. The van der Waals surface area contributed by atoms with Gasteiger partial charge in [0.25, 0.3) is 0 Å². The van der Waals surface area contributed by atoms with Crippen LogP contribution < -0.4 is 5.32 Å². The van der Waals surface area contributed by atoms with Crippen molar-refractivity contribution >= 4 is 28.6 Å². The van der Waals surface area contributed by atoms with Gasteiger partial charge >= 0.3 is 0 Å². The van der Waals surface area contributed by atoms with Crippen molar-refractivity contribution in [1.29, 1.82) is 0 Å². The van der Waals surface area contributed by atoms with Gasteiger partial charge in [-0.2, -0.15) is 0 Å². The largest absolute Gasteiger partial charge is 0.378 e. The van der Waals surface area contributed by atoms with Crippen molar-refractivity contribution in [3.8, 4) is 0 Å². The third kappa shape index (κ3) is 2.73. The van der Waals surface area contributed by atoms with Gasteiger partial charge < -0.3 is 5.32 Å². The number of hydrogen-bond donors (Lipinski definition) is 1. The van der Waals surface area contributed by atoms with Gasteiger partial charge in [-0.3, -0.25) is 0 Å². The summed E-state index contributed by atoms with van der Waals surface area (Å²) in [4.78, 5) is 0.874. The Hall–Kier alpha value is -1.20. The molecule has 6 heteroatoms. The molecule has 17 heavy (non-hydrogen) atoms. The molecule has 1 heterocycles. The van der Waals surface area contributed by atoms with Gasteiger partial charge in [0, 0.05) is 11.4 Å². The minimum absolute atomic E-state index is 0.0755. The Labute approximate surface area is 105 Å². The molecule has 0 atom stereocenters. The average Bonchev–Trinajstić information content (AvgIpc) is 2.71. The van der Waals surface area contributed by atoms with Crippen LogP contribution in [0.15, 0.2) is 24.3 Å². The van der Waals surface area contributed by atoms with Crippen molar-refractivity contribution in [2.24, 2.45) is 0 Å². The fraction of sp³-hybridized carbons (Fsp3) is 0.0909. The maximum atomic E-state index is 13.3. The highest BCUT2D eigenvalue weighted by Crippen LogP contribution is 2.24. The number of thiophene rings is 1. The van der Waals surface area contributed by atoms with E-state index in [1.165, 1.54) is 11.3 Å². The Balaban J connectivity index is 2.12. The van der Waals surface area contributed by atoms with E-state index in [4.69, 9.17) is 11.6 Å². The first-order chi connectivity index (χ1) is 8.08. The standard InChI is InChI=1S/C11H7ClF3NS/c12-9-4-1-6(17-9)5-16-8-3-2-7(13)10(14)11(8)15/h1-4,16H,5H2. The highest BCUT2D eigenvalue weighted by Gasteiger charge is 2.13. The van der Waals surface area contributed by atoms with E-state index in [1.807, 2.05) is 0 Å². The molecule has 0 fully saturated rings. The topological polar surface area (TPSA) is 12.0 Å². The van der Waals surface area contributed by atoms with Crippen molar-refractivity contribution in [1.82, 2.24) is 0 Å². The molecule has 0 aliphatic carbocycles. The molecule has 0 bridgehead atoms. The summed E-state index contributed by atoms with van der Waals surface area (Å²) in [5.74, 6) is -3.89. The van der Waals surface area contributed by atoms with Crippen molar-refractivity contribution in [3.63, 3.8) is 0 Å². The van der Waals surface area contributed by atoms with Gasteiger partial charge in [0.15, 0.2) is 17.5 Å². The molecular weight excluding hydrogens is 271 g/mol. The Kier molecular flexibility index (Phi) is 3.59. The van der Waals surface area contributed by atoms with Gasteiger partial charge in [0.1, 0.15) is 0 Å². The number of rotatable bonds is 3. The van der Waals surface area contributed by atoms with Gasteiger partial charge in [-0.25, -0.2) is 13.2 Å². The predicted molar refractivity (Wildman–Crippen MR) is 63.0 cm³/mol. The average molecular weight is 278 g/mol. The van der Waals surface area contributed by atoms with Crippen LogP contribution in [0.5, 0.6) is 0 Å². The monoisotopic (exact) mass is 277 g/mol. The molecule has 0 saturated carbocycles. The summed E-state index contributed by atoms with van der Waals surface area (Å²) < 4.78 is 39.5. The zero-order valence-corrected chi connectivity index (χ0v) is 10.0. The van der Waals surface area contributed by atoms with Crippen LogP contribution in [0.3, 0.4) is 0 Å². The highest BCUT2D eigenvalue weighted by molar-refractivity contribution is 7.16. The smallest absolute Gasteiger partial charge is 0.196 e. The minimum atomic E-state index is -1.47. The minimum Gasteiger partial charge on any atom is -0.378 e. The molecule has 0 spiro atoms. The summed E-state index contributed by atoms with van der Waals surface area (Å²) in [7, 11) is 0. The zero-order chi connectivity index (χ0) is 12.4. The van der Waals surface area contributed by atoms with E-state index in [0.29, 0.717) is 10.9 Å². The van der Waals surface area contributed by atoms with E-state index < -0.39 is 17.5 Å². The molecule has 0 aliphatic rings. The van der Waals surface area contributed by atoms with Gasteiger partial charge in [-0.1, -0.05) is 11.6 Å². The van der Waals surface area contributed by atoms with E-state index >= 15 is 0 Å². The maximum absolute atomic E-state index is 13.3. The molecule has 0 unspecified atom stereocenters. The molecule has 2 aromatic rings. The molecule has 2 rings (SSSR count). The lowest BCUT2D eigenvalue weighted by atomic mass is 10.2. The van der Waals surface area contributed by atoms with Crippen LogP contribution in [-0.4, -0.2) is 0 Å². The summed E-state index contributed by atoms with van der Waals surface area (Å²) in [5, 5.41) is 2.68. The van der Waals surface area contributed by atoms with Crippen LogP contribution in [0, 0.1) is 17.5 Å². The van der Waals surface area contributed by atoms with Gasteiger partial charge in [0.2, 0.25) is 0 Å². The first-order valence-corrected chi connectivity index (χ1v) is 5.89. The lowest BCUT2D eigenvalue weighted by Gasteiger charge is -2.06. The summed E-state index contributed by atoms with van der Waals surface area (Å²) in [5.41, 5.74) is -0.0755. The summed E-state index contributed by atoms with van der Waals surface area (Å²) in [6.07, 6.45) is 0. The SMILES string of the molecule is Fc1ccc(NCc2ccc(Cl)s2)c(F)c1F. The number of nitrogens with one attached hydrogen (secondary N) is 1. The highest BCUT2D eigenvalue weighted by atomic mass is 35.5. The fourth-order valence-corrected chi connectivity index (χ4v) is 2.32. The van der Waals surface area contributed by atoms with Crippen LogP contribution in [-0.2, 0) is 6.54 Å². The molecule has 1 N–H and O–H groups in total. The quantitative estimate of drug-likeness (QED) is 0.819. The van der Waals surface area contributed by atoms with E-state index in [0.717, 1.165) is 17.0 Å². The van der Waals surface area contributed by atoms with E-state index in [2.05, 4.69) is 5.32 Å². The molecule has 1 aromatic heterocycles. The van der Waals surface area contributed by atoms with Crippen LogP contribution >= 0.6 is 22.9 Å². The van der Waals surface area contributed by atoms with Crippen LogP contribution in [0.4, 0.5) is 18.9 Å². The van der Waals surface area contributed by atoms with Crippen molar-refractivity contribution in [2.45, 2.75) is 6.54 Å². The lowest BCUT2D eigenvalue weighted by Crippen LogP contribution is -2.02. The van der Waals surface area contributed by atoms with Gasteiger partial charge in [-0.15, -0.1) is 11.3 Å². The lowest BCUT2D eigenvalue weighted by molar-refractivity contribution is 0.449. The van der Waals surface area contributed by atoms with Crippen LogP contribution in [0.1, 0.15) is 4.88 Å². The first kappa shape index (κ1) is 12.3. The molecule has 1 nitrogen and oxygen atoms in total. The second kappa shape index (κ2) is 4.98. The van der Waals surface area contributed by atoms with Gasteiger partial charge in [-0.05, 0) is 24.3 Å². The summed E-state index contributed by atoms with van der Waals surface area (Å²) in [6.45, 7) is 0.305. The molecule has 0 saturated heterocycles. The van der Waals surface area contributed by atoms with E-state index in [-0.39, 0.29) is 5.69 Å². The van der Waals surface area contributed by atoms with Gasteiger partial charge in [0.05, 0.1) is 10.0 Å². The maximum Gasteiger partial charge on any atom is 0.196 e. The summed E-state index contributed by atoms with van der Waals surface area (Å²) in [6, 6.07) is 5.52. The molecule has 0 aliphatic heterocycles. The van der Waals surface area contributed by atoms with Crippen molar-refractivity contribution < 1.29 is 13.2 Å². The second-order valence-electron chi connectivity index (χ2n) is 3.28. The third-order valence-electron chi connectivity index (χ3n) is 2.12. The molecule has 0 radical (unpaired) electrons. The van der Waals surface area contributed by atoms with E-state index in [9.17, 15) is 13.2 Å². The number of anilines is 1. The molecule has 0 amide bonds. The first-order valence-electron chi connectivity index (χ1n) is 4.69. The Morgan fingerprint density at radius 3 is 2.47 bits per heavy atom. The zero-order valence-electron chi connectivity index (χ0n) is 8.44. The van der Waals surface area contributed by atoms with Crippen molar-refractivity contribution in [3.05, 3.63) is 50.9 Å². The Morgan fingerprint density at radius 1 is 1.06 bits per heavy atom. The predicted octanol–water partition coefficient (Wildman–Crippen LogP) is 4.43. The normalized spacial score (nSPS) is 10.6. The molecule has 1 aromatic carbocycles. The third-order valence-corrected chi connectivity index (χ3v) is 3.35. The number of halogens is 4. The Bertz CT molecular complexity index is 542. The second-order valence-corrected chi connectivity index (χ2v) is 5.08. The van der Waals surface area contributed by atoms with E-state index in [1.54, 1.807) is 12.1 Å². The molecular formula is C11H7ClF3NS. The fourth-order valence-electron chi connectivity index (χ4n) is 1.29. The molecule has 90 valence electrons. The van der Waals surface area contributed by atoms with Crippen LogP contribution in [0.25, 0.3) is 0 Å². The van der Waals surface area contributed by atoms with Crippen molar-refractivity contribution in [2.75, 3.05) is 5.32 Å². The van der Waals surface area contributed by atoms with Crippen LogP contribution in [0.2, 0.25) is 4.34 Å². The Morgan fingerprint density at radius 2 is 1.82 bits per heavy atom. The number of benzene rings is 1.